The van der Waals surface area contributed by atoms with E-state index in [1.807, 2.05) is 42.5 Å². The van der Waals surface area contributed by atoms with Gasteiger partial charge in [0, 0.05) is 18.0 Å². The first-order chi connectivity index (χ1) is 11.3. The highest BCUT2D eigenvalue weighted by Crippen LogP contribution is 2.26. The van der Waals surface area contributed by atoms with Crippen LogP contribution in [0.25, 0.3) is 11.3 Å². The van der Waals surface area contributed by atoms with Crippen molar-refractivity contribution < 1.29 is 9.53 Å². The van der Waals surface area contributed by atoms with E-state index in [0.717, 1.165) is 22.6 Å². The average Bonchev–Trinajstić information content (AvgIpc) is 2.95. The summed E-state index contributed by atoms with van der Waals surface area (Å²) in [5.74, 6) is 0.646. The molecule has 1 N–H and O–H groups in total. The van der Waals surface area contributed by atoms with Crippen molar-refractivity contribution in [3.8, 4) is 23.0 Å². The summed E-state index contributed by atoms with van der Waals surface area (Å²) in [6.45, 7) is 0. The topological polar surface area (TPSA) is 77.0 Å². The highest BCUT2D eigenvalue weighted by atomic mass is 16.5. The molecular formula is C17H12N4O2. The van der Waals surface area contributed by atoms with Crippen LogP contribution < -0.4 is 10.1 Å². The predicted octanol–water partition coefficient (Wildman–Crippen LogP) is 2.83. The minimum Gasteiger partial charge on any atom is -0.424 e. The molecule has 112 valence electrons. The minimum atomic E-state index is -0.0347. The number of hydrogen-bond acceptors (Lipinski definition) is 5. The Kier molecular flexibility index (Phi) is 3.20. The van der Waals surface area contributed by atoms with Gasteiger partial charge in [-0.15, -0.1) is 0 Å². The molecule has 6 nitrogen and oxygen atoms in total. The molecule has 0 fully saturated rings. The van der Waals surface area contributed by atoms with Crippen molar-refractivity contribution in [2.24, 2.45) is 0 Å². The van der Waals surface area contributed by atoms with Gasteiger partial charge in [0.15, 0.2) is 0 Å². The van der Waals surface area contributed by atoms with Crippen molar-refractivity contribution in [3.05, 3.63) is 60.6 Å². The first kappa shape index (κ1) is 13.4. The summed E-state index contributed by atoms with van der Waals surface area (Å²) in [4.78, 5) is 24.3. The number of benzene rings is 1. The van der Waals surface area contributed by atoms with Crippen molar-refractivity contribution >= 4 is 11.6 Å². The number of nitrogens with zero attached hydrogens (tertiary/aromatic N) is 3. The van der Waals surface area contributed by atoms with E-state index in [2.05, 4.69) is 20.3 Å². The SMILES string of the molecule is O=C1Cc2nc(-c3cnc(Oc4ccccc4)nc3)ccc2N1. The number of pyridine rings is 1. The Hall–Kier alpha value is -3.28. The largest absolute Gasteiger partial charge is 0.424 e. The van der Waals surface area contributed by atoms with Crippen LogP contribution in [0, 0.1) is 0 Å². The van der Waals surface area contributed by atoms with Crippen LogP contribution in [0.4, 0.5) is 5.69 Å². The summed E-state index contributed by atoms with van der Waals surface area (Å²) >= 11 is 0. The van der Waals surface area contributed by atoms with Crippen LogP contribution in [-0.4, -0.2) is 20.9 Å². The van der Waals surface area contributed by atoms with Crippen molar-refractivity contribution in [1.82, 2.24) is 15.0 Å². The molecule has 3 heterocycles. The lowest BCUT2D eigenvalue weighted by Crippen LogP contribution is -2.03. The molecule has 1 amide bonds. The smallest absolute Gasteiger partial charge is 0.321 e. The first-order valence-electron chi connectivity index (χ1n) is 7.13. The molecule has 1 aromatic carbocycles. The van der Waals surface area contributed by atoms with Crippen LogP contribution in [0.3, 0.4) is 0 Å². The lowest BCUT2D eigenvalue weighted by atomic mass is 10.2. The molecule has 3 aromatic rings. The third-order valence-electron chi connectivity index (χ3n) is 3.45. The molecule has 0 saturated carbocycles. The Bertz CT molecular complexity index is 864. The third kappa shape index (κ3) is 2.74. The summed E-state index contributed by atoms with van der Waals surface area (Å²) in [6.07, 6.45) is 3.62. The third-order valence-corrected chi connectivity index (χ3v) is 3.45. The van der Waals surface area contributed by atoms with Gasteiger partial charge in [0.2, 0.25) is 5.91 Å². The molecule has 0 spiro atoms. The first-order valence-corrected chi connectivity index (χ1v) is 7.13. The second-order valence-electron chi connectivity index (χ2n) is 5.09. The van der Waals surface area contributed by atoms with Crippen molar-refractivity contribution in [3.63, 3.8) is 0 Å². The van der Waals surface area contributed by atoms with Gasteiger partial charge in [0.25, 0.3) is 0 Å². The minimum absolute atomic E-state index is 0.0347. The van der Waals surface area contributed by atoms with Gasteiger partial charge in [0.05, 0.1) is 23.5 Å². The molecule has 4 rings (SSSR count). The van der Waals surface area contributed by atoms with Gasteiger partial charge < -0.3 is 10.1 Å². The fourth-order valence-electron chi connectivity index (χ4n) is 2.35. The van der Waals surface area contributed by atoms with E-state index in [-0.39, 0.29) is 11.9 Å². The highest BCUT2D eigenvalue weighted by Gasteiger charge is 2.19. The zero-order chi connectivity index (χ0) is 15.6. The van der Waals surface area contributed by atoms with Crippen LogP contribution in [0.1, 0.15) is 5.69 Å². The van der Waals surface area contributed by atoms with Crippen molar-refractivity contribution in [1.29, 1.82) is 0 Å². The monoisotopic (exact) mass is 304 g/mol. The summed E-state index contributed by atoms with van der Waals surface area (Å²) < 4.78 is 5.56. The molecule has 0 bridgehead atoms. The predicted molar refractivity (Wildman–Crippen MR) is 84.1 cm³/mol. The number of nitrogens with one attached hydrogen (secondary N) is 1. The summed E-state index contributed by atoms with van der Waals surface area (Å²) in [6, 6.07) is 13.3. The average molecular weight is 304 g/mol. The number of hydrogen-bond donors (Lipinski definition) is 1. The Morgan fingerprint density at radius 2 is 1.78 bits per heavy atom. The van der Waals surface area contributed by atoms with E-state index in [9.17, 15) is 4.79 Å². The van der Waals surface area contributed by atoms with Gasteiger partial charge in [-0.05, 0) is 24.3 Å². The second-order valence-corrected chi connectivity index (χ2v) is 5.09. The van der Waals surface area contributed by atoms with Crippen molar-refractivity contribution in [2.45, 2.75) is 6.42 Å². The van der Waals surface area contributed by atoms with Gasteiger partial charge in [-0.2, -0.15) is 0 Å². The molecule has 0 radical (unpaired) electrons. The maximum Gasteiger partial charge on any atom is 0.321 e. The van der Waals surface area contributed by atoms with Crippen LogP contribution in [0.15, 0.2) is 54.9 Å². The number of ether oxygens (including phenoxy) is 1. The van der Waals surface area contributed by atoms with E-state index in [1.165, 1.54) is 0 Å². The van der Waals surface area contributed by atoms with Crippen molar-refractivity contribution in [2.75, 3.05) is 5.32 Å². The molecule has 0 aliphatic carbocycles. The fourth-order valence-corrected chi connectivity index (χ4v) is 2.35. The lowest BCUT2D eigenvalue weighted by molar-refractivity contribution is -0.115. The Morgan fingerprint density at radius 3 is 2.57 bits per heavy atom. The lowest BCUT2D eigenvalue weighted by Gasteiger charge is -2.05. The molecule has 1 aliphatic rings. The maximum atomic E-state index is 11.4. The number of aromatic nitrogens is 3. The van der Waals surface area contributed by atoms with Gasteiger partial charge >= 0.3 is 6.01 Å². The molecule has 1 aliphatic heterocycles. The number of fused-ring (bicyclic) bond motifs is 1. The quantitative estimate of drug-likeness (QED) is 0.805. The number of carbonyl (C=O) groups is 1. The van der Waals surface area contributed by atoms with Crippen LogP contribution >= 0.6 is 0 Å². The van der Waals surface area contributed by atoms with E-state index in [0.29, 0.717) is 12.2 Å². The number of para-hydroxylation sites is 1. The molecule has 0 unspecified atom stereocenters. The molecule has 23 heavy (non-hydrogen) atoms. The van der Waals surface area contributed by atoms with Crippen LogP contribution in [-0.2, 0) is 11.2 Å². The normalized spacial score (nSPS) is 12.6. The molecule has 6 heteroatoms. The summed E-state index contributed by atoms with van der Waals surface area (Å²) in [5.41, 5.74) is 3.01. The van der Waals surface area contributed by atoms with E-state index in [1.54, 1.807) is 12.4 Å². The van der Waals surface area contributed by atoms with Crippen LogP contribution in [0.5, 0.6) is 11.8 Å². The number of carbonyl (C=O) groups excluding carboxylic acids is 1. The van der Waals surface area contributed by atoms with E-state index < -0.39 is 0 Å². The van der Waals surface area contributed by atoms with Gasteiger partial charge in [-0.25, -0.2) is 15.0 Å². The zero-order valence-corrected chi connectivity index (χ0v) is 12.1. The number of anilines is 1. The second kappa shape index (κ2) is 5.49. The van der Waals surface area contributed by atoms with Gasteiger partial charge in [0.1, 0.15) is 5.75 Å². The van der Waals surface area contributed by atoms with E-state index in [4.69, 9.17) is 4.74 Å². The Balaban J connectivity index is 1.57. The maximum absolute atomic E-state index is 11.4. The Morgan fingerprint density at radius 1 is 1.00 bits per heavy atom. The van der Waals surface area contributed by atoms with E-state index >= 15 is 0 Å². The Labute approximate surface area is 132 Å². The summed E-state index contributed by atoms with van der Waals surface area (Å²) in [5, 5.41) is 2.76. The number of amides is 1. The molecule has 0 atom stereocenters. The molecule has 2 aromatic heterocycles. The standard InChI is InChI=1S/C17H12N4O2/c22-16-8-15-14(21-16)7-6-13(20-15)11-9-18-17(19-10-11)23-12-4-2-1-3-5-12/h1-7,9-10H,8H2,(H,21,22). The molecule has 0 saturated heterocycles. The fraction of sp³-hybridized carbons (Fsp3) is 0.0588. The van der Waals surface area contributed by atoms with Crippen LogP contribution in [0.2, 0.25) is 0 Å². The molecular weight excluding hydrogens is 292 g/mol. The number of rotatable bonds is 3. The van der Waals surface area contributed by atoms with Gasteiger partial charge in [-0.3, -0.25) is 4.79 Å². The zero-order valence-electron chi connectivity index (χ0n) is 12.1. The summed E-state index contributed by atoms with van der Waals surface area (Å²) in [7, 11) is 0. The van der Waals surface area contributed by atoms with Gasteiger partial charge in [-0.1, -0.05) is 18.2 Å². The highest BCUT2D eigenvalue weighted by molar-refractivity contribution is 5.98.